The van der Waals surface area contributed by atoms with Crippen LogP contribution < -0.4 is 15.6 Å². The van der Waals surface area contributed by atoms with Crippen LogP contribution in [0, 0.1) is 5.82 Å². The van der Waals surface area contributed by atoms with Gasteiger partial charge in [0.25, 0.3) is 11.8 Å². The van der Waals surface area contributed by atoms with Gasteiger partial charge in [-0.05, 0) is 42.0 Å². The first-order valence-electron chi connectivity index (χ1n) is 10.3. The van der Waals surface area contributed by atoms with Crippen molar-refractivity contribution in [1.82, 2.24) is 20.6 Å². The minimum absolute atomic E-state index is 0.289. The third kappa shape index (κ3) is 5.08. The highest BCUT2D eigenvalue weighted by Crippen LogP contribution is 2.34. The second-order valence-corrected chi connectivity index (χ2v) is 7.48. The number of hydrogen-bond acceptors (Lipinski definition) is 4. The number of benzene rings is 3. The monoisotopic (exact) mass is 486 g/mol. The molecular weight excluding hydrogens is 468 g/mol. The van der Waals surface area contributed by atoms with Crippen LogP contribution in [0.1, 0.15) is 23.0 Å². The average Bonchev–Trinajstić information content (AvgIpc) is 3.28. The molecule has 0 spiro atoms. The zero-order valence-electron chi connectivity index (χ0n) is 18.1. The summed E-state index contributed by atoms with van der Waals surface area (Å²) in [6, 6.07) is 17.4. The van der Waals surface area contributed by atoms with E-state index in [1.807, 2.05) is 41.2 Å². The highest BCUT2D eigenvalue weighted by Gasteiger charge is 2.41. The van der Waals surface area contributed by atoms with Crippen molar-refractivity contribution < 1.29 is 31.9 Å². The highest BCUT2D eigenvalue weighted by molar-refractivity contribution is 5.97. The molecule has 0 aliphatic carbocycles. The lowest BCUT2D eigenvalue weighted by Gasteiger charge is -2.16. The van der Waals surface area contributed by atoms with E-state index < -0.39 is 46.9 Å². The minimum atomic E-state index is -5.04. The summed E-state index contributed by atoms with van der Waals surface area (Å²) < 4.78 is 61.1. The lowest BCUT2D eigenvalue weighted by Crippen LogP contribution is -2.47. The fourth-order valence-corrected chi connectivity index (χ4v) is 3.38. The molecule has 0 fully saturated rings. The molecule has 2 amide bonds. The Morgan fingerprint density at radius 3 is 2.37 bits per heavy atom. The van der Waals surface area contributed by atoms with Crippen molar-refractivity contribution in [3.8, 4) is 11.4 Å². The third-order valence-corrected chi connectivity index (χ3v) is 5.07. The molecule has 1 atom stereocenters. The molecule has 0 saturated carbocycles. The van der Waals surface area contributed by atoms with Gasteiger partial charge in [-0.1, -0.05) is 42.5 Å². The Kier molecular flexibility index (Phi) is 6.41. The predicted molar refractivity (Wildman–Crippen MR) is 118 cm³/mol. The van der Waals surface area contributed by atoms with E-state index in [4.69, 9.17) is 4.74 Å². The minimum Gasteiger partial charge on any atom is -0.481 e. The Labute approximate surface area is 196 Å². The quantitative estimate of drug-likeness (QED) is 0.323. The molecular formula is C24H18F4N4O3. The maximum absolute atomic E-state index is 14.1. The fraction of sp³-hybridized carbons (Fsp3) is 0.125. The molecule has 11 heteroatoms. The summed E-state index contributed by atoms with van der Waals surface area (Å²) in [5.41, 5.74) is 1.08. The summed E-state index contributed by atoms with van der Waals surface area (Å²) in [6.07, 6.45) is -5.48. The summed E-state index contributed by atoms with van der Waals surface area (Å²) in [5, 5.41) is 5.40. The third-order valence-electron chi connectivity index (χ3n) is 5.07. The van der Waals surface area contributed by atoms with Crippen molar-refractivity contribution in [3.05, 3.63) is 90.0 Å². The Bertz CT molecular complexity index is 1400. The molecule has 4 aromatic rings. The molecule has 4 rings (SSSR count). The second-order valence-electron chi connectivity index (χ2n) is 7.48. The average molecular weight is 486 g/mol. The maximum Gasteiger partial charge on any atom is 0.434 e. The van der Waals surface area contributed by atoms with Crippen molar-refractivity contribution in [2.75, 3.05) is 0 Å². The van der Waals surface area contributed by atoms with Crippen LogP contribution in [0.3, 0.4) is 0 Å². The number of rotatable bonds is 5. The number of fused-ring (bicyclic) bond motifs is 1. The van der Waals surface area contributed by atoms with Crippen LogP contribution in [0.5, 0.6) is 5.75 Å². The Balaban J connectivity index is 1.46. The Morgan fingerprint density at radius 1 is 0.971 bits per heavy atom. The number of aromatic nitrogens is 2. The first-order valence-corrected chi connectivity index (χ1v) is 10.3. The zero-order chi connectivity index (χ0) is 25.2. The summed E-state index contributed by atoms with van der Waals surface area (Å²) in [4.78, 5) is 24.8. The van der Waals surface area contributed by atoms with Crippen LogP contribution >= 0.6 is 0 Å². The standard InChI is InChI=1S/C24H18F4N4O3/c1-14(35-17-11-10-15-6-2-3-7-16(15)12-17)22(33)30-31-23(34)18-13-29-32(21(18)24(26,27)28)20-9-5-4-8-19(20)25/h2-14H,1H3,(H,30,33)(H,31,34). The van der Waals surface area contributed by atoms with Crippen molar-refractivity contribution in [2.45, 2.75) is 19.2 Å². The van der Waals surface area contributed by atoms with Gasteiger partial charge in [-0.15, -0.1) is 0 Å². The smallest absolute Gasteiger partial charge is 0.434 e. The van der Waals surface area contributed by atoms with Gasteiger partial charge >= 0.3 is 6.18 Å². The van der Waals surface area contributed by atoms with Crippen LogP contribution in [0.25, 0.3) is 16.5 Å². The van der Waals surface area contributed by atoms with E-state index in [2.05, 4.69) is 5.10 Å². The van der Waals surface area contributed by atoms with Crippen LogP contribution in [-0.2, 0) is 11.0 Å². The summed E-state index contributed by atoms with van der Waals surface area (Å²) in [6.45, 7) is 1.41. The topological polar surface area (TPSA) is 85.2 Å². The van der Waals surface area contributed by atoms with Crippen LogP contribution in [-0.4, -0.2) is 27.7 Å². The van der Waals surface area contributed by atoms with E-state index in [0.29, 0.717) is 11.9 Å². The van der Waals surface area contributed by atoms with Crippen LogP contribution in [0.2, 0.25) is 0 Å². The first-order chi connectivity index (χ1) is 16.6. The van der Waals surface area contributed by atoms with E-state index in [-0.39, 0.29) is 4.68 Å². The lowest BCUT2D eigenvalue weighted by molar-refractivity contribution is -0.143. The molecule has 1 heterocycles. The lowest BCUT2D eigenvalue weighted by atomic mass is 10.1. The predicted octanol–water partition coefficient (Wildman–Crippen LogP) is 4.41. The normalized spacial score (nSPS) is 12.3. The van der Waals surface area contributed by atoms with Gasteiger partial charge in [-0.3, -0.25) is 20.4 Å². The molecule has 0 bridgehead atoms. The first kappa shape index (κ1) is 23.7. The number of hydrazine groups is 1. The zero-order valence-corrected chi connectivity index (χ0v) is 18.1. The van der Waals surface area contributed by atoms with Crippen molar-refractivity contribution in [2.24, 2.45) is 0 Å². The Morgan fingerprint density at radius 2 is 1.66 bits per heavy atom. The summed E-state index contributed by atoms with van der Waals surface area (Å²) in [5.74, 6) is -2.66. The van der Waals surface area contributed by atoms with Gasteiger partial charge in [-0.25, -0.2) is 9.07 Å². The van der Waals surface area contributed by atoms with Gasteiger partial charge in [0.15, 0.2) is 11.8 Å². The summed E-state index contributed by atoms with van der Waals surface area (Å²) in [7, 11) is 0. The number of nitrogens with zero attached hydrogens (tertiary/aromatic N) is 2. The molecule has 35 heavy (non-hydrogen) atoms. The fourth-order valence-electron chi connectivity index (χ4n) is 3.38. The van der Waals surface area contributed by atoms with Crippen molar-refractivity contribution in [3.63, 3.8) is 0 Å². The number of nitrogens with one attached hydrogen (secondary N) is 2. The van der Waals surface area contributed by atoms with Gasteiger partial charge < -0.3 is 4.74 Å². The highest BCUT2D eigenvalue weighted by atomic mass is 19.4. The second kappa shape index (κ2) is 9.45. The number of para-hydroxylation sites is 1. The SMILES string of the molecule is CC(Oc1ccc2ccccc2c1)C(=O)NNC(=O)c1cnn(-c2ccccc2F)c1C(F)(F)F. The van der Waals surface area contributed by atoms with Crippen LogP contribution in [0.15, 0.2) is 72.9 Å². The van der Waals surface area contributed by atoms with Crippen molar-refractivity contribution >= 4 is 22.6 Å². The molecule has 1 aromatic heterocycles. The number of carbonyl (C=O) groups excluding carboxylic acids is 2. The number of carbonyl (C=O) groups is 2. The van der Waals surface area contributed by atoms with Gasteiger partial charge in [0, 0.05) is 0 Å². The number of alkyl halides is 3. The maximum atomic E-state index is 14.1. The number of halogens is 4. The molecule has 7 nitrogen and oxygen atoms in total. The number of amides is 2. The van der Waals surface area contributed by atoms with Crippen molar-refractivity contribution in [1.29, 1.82) is 0 Å². The summed E-state index contributed by atoms with van der Waals surface area (Å²) >= 11 is 0. The molecule has 1 unspecified atom stereocenters. The molecule has 180 valence electrons. The van der Waals surface area contributed by atoms with Gasteiger partial charge in [0.2, 0.25) is 0 Å². The van der Waals surface area contributed by atoms with E-state index in [9.17, 15) is 27.2 Å². The molecule has 0 radical (unpaired) electrons. The van der Waals surface area contributed by atoms with Gasteiger partial charge in [0.05, 0.1) is 11.8 Å². The van der Waals surface area contributed by atoms with E-state index >= 15 is 0 Å². The molecule has 0 aliphatic heterocycles. The molecule has 3 aromatic carbocycles. The van der Waals surface area contributed by atoms with Gasteiger partial charge in [0.1, 0.15) is 17.3 Å². The number of hydrogen-bond donors (Lipinski definition) is 2. The molecule has 2 N–H and O–H groups in total. The molecule has 0 aliphatic rings. The van der Waals surface area contributed by atoms with E-state index in [1.54, 1.807) is 12.1 Å². The van der Waals surface area contributed by atoms with E-state index in [0.717, 1.165) is 22.9 Å². The van der Waals surface area contributed by atoms with Gasteiger partial charge in [-0.2, -0.15) is 18.3 Å². The van der Waals surface area contributed by atoms with Crippen LogP contribution in [0.4, 0.5) is 17.6 Å². The van der Waals surface area contributed by atoms with E-state index in [1.165, 1.54) is 19.1 Å². The number of ether oxygens (including phenoxy) is 1. The Hall–Kier alpha value is -4.41. The largest absolute Gasteiger partial charge is 0.481 e. The molecule has 0 saturated heterocycles.